The van der Waals surface area contributed by atoms with Crippen LogP contribution in [0.5, 0.6) is 0 Å². The molecule has 9 nitrogen and oxygen atoms in total. The van der Waals surface area contributed by atoms with Crippen LogP contribution in [0.4, 0.5) is 9.59 Å². The SMILES string of the molecule is O=C(NN(C(=O)OCc1ccccc1)[C@@H]1C=C[C@H](C[N+](=O)[O-])C1)OCc1ccccc1. The maximum atomic E-state index is 12.7. The van der Waals surface area contributed by atoms with Crippen molar-refractivity contribution in [3.8, 4) is 0 Å². The molecule has 2 aromatic carbocycles. The summed E-state index contributed by atoms with van der Waals surface area (Å²) in [5, 5.41) is 11.8. The monoisotopic (exact) mass is 425 g/mol. The van der Waals surface area contributed by atoms with Crippen molar-refractivity contribution in [2.45, 2.75) is 25.7 Å². The first-order valence-electron chi connectivity index (χ1n) is 9.78. The number of nitrogens with zero attached hydrogens (tertiary/aromatic N) is 2. The Bertz CT molecular complexity index is 919. The fourth-order valence-corrected chi connectivity index (χ4v) is 3.18. The molecule has 2 atom stereocenters. The van der Waals surface area contributed by atoms with Crippen molar-refractivity contribution in [3.05, 3.63) is 94.1 Å². The van der Waals surface area contributed by atoms with Gasteiger partial charge in [-0.15, -0.1) is 0 Å². The molecule has 0 saturated heterocycles. The number of hydrogen-bond acceptors (Lipinski definition) is 6. The minimum absolute atomic E-state index is 0.0195. The second kappa shape index (κ2) is 10.8. The van der Waals surface area contributed by atoms with Gasteiger partial charge in [0.25, 0.3) is 0 Å². The minimum atomic E-state index is -0.827. The van der Waals surface area contributed by atoms with Gasteiger partial charge in [-0.2, -0.15) is 0 Å². The van der Waals surface area contributed by atoms with Crippen LogP contribution in [0.15, 0.2) is 72.8 Å². The van der Waals surface area contributed by atoms with E-state index in [-0.39, 0.29) is 25.7 Å². The summed E-state index contributed by atoms with van der Waals surface area (Å²) >= 11 is 0. The van der Waals surface area contributed by atoms with Crippen LogP contribution >= 0.6 is 0 Å². The Hall–Kier alpha value is -3.88. The predicted octanol–water partition coefficient (Wildman–Crippen LogP) is 3.69. The molecule has 0 fully saturated rings. The minimum Gasteiger partial charge on any atom is -0.443 e. The van der Waals surface area contributed by atoms with Crippen molar-refractivity contribution >= 4 is 12.2 Å². The van der Waals surface area contributed by atoms with Crippen LogP contribution in [-0.4, -0.2) is 34.7 Å². The summed E-state index contributed by atoms with van der Waals surface area (Å²) in [6.45, 7) is -0.200. The van der Waals surface area contributed by atoms with E-state index >= 15 is 0 Å². The molecule has 31 heavy (non-hydrogen) atoms. The first-order valence-corrected chi connectivity index (χ1v) is 9.78. The molecule has 3 rings (SSSR count). The highest BCUT2D eigenvalue weighted by Crippen LogP contribution is 2.22. The highest BCUT2D eigenvalue weighted by Gasteiger charge is 2.32. The third-order valence-electron chi connectivity index (χ3n) is 4.69. The van der Waals surface area contributed by atoms with Crippen molar-refractivity contribution in [2.75, 3.05) is 6.54 Å². The summed E-state index contributed by atoms with van der Waals surface area (Å²) in [4.78, 5) is 35.4. The Morgan fingerprint density at radius 1 is 0.968 bits per heavy atom. The number of amides is 2. The standard InChI is InChI=1S/C22H23N3O6/c26-21(30-15-17-7-3-1-4-8-17)23-25(20-12-11-19(13-20)14-24(28)29)22(27)31-16-18-9-5-2-6-10-18/h1-12,19-20H,13-16H2,(H,23,26)/t19-,20+/m0/s1. The summed E-state index contributed by atoms with van der Waals surface area (Å²) in [7, 11) is 0. The van der Waals surface area contributed by atoms with Crippen LogP contribution in [0.2, 0.25) is 0 Å². The quantitative estimate of drug-likeness (QED) is 0.411. The lowest BCUT2D eigenvalue weighted by Gasteiger charge is -2.27. The zero-order valence-electron chi connectivity index (χ0n) is 16.8. The van der Waals surface area contributed by atoms with Crippen LogP contribution < -0.4 is 5.43 Å². The molecule has 0 radical (unpaired) electrons. The smallest absolute Gasteiger partial charge is 0.429 e. The average molecular weight is 425 g/mol. The molecule has 1 aliphatic carbocycles. The third kappa shape index (κ3) is 6.84. The molecule has 2 aromatic rings. The summed E-state index contributed by atoms with van der Waals surface area (Å²) in [5.74, 6) is -0.341. The van der Waals surface area contributed by atoms with E-state index in [0.717, 1.165) is 16.1 Å². The molecule has 0 heterocycles. The molecule has 9 heteroatoms. The van der Waals surface area contributed by atoms with Crippen LogP contribution in [0, 0.1) is 16.0 Å². The zero-order valence-corrected chi connectivity index (χ0v) is 16.8. The molecule has 0 unspecified atom stereocenters. The molecule has 1 aliphatic rings. The molecule has 0 aliphatic heterocycles. The lowest BCUT2D eigenvalue weighted by molar-refractivity contribution is -0.485. The lowest BCUT2D eigenvalue weighted by atomic mass is 10.1. The number of rotatable bonds is 7. The van der Waals surface area contributed by atoms with E-state index in [1.165, 1.54) is 0 Å². The second-order valence-electron chi connectivity index (χ2n) is 7.05. The molecule has 0 spiro atoms. The van der Waals surface area contributed by atoms with Crippen molar-refractivity contribution in [3.63, 3.8) is 0 Å². The van der Waals surface area contributed by atoms with E-state index in [0.29, 0.717) is 6.42 Å². The van der Waals surface area contributed by atoms with E-state index in [9.17, 15) is 19.7 Å². The molecule has 0 bridgehead atoms. The van der Waals surface area contributed by atoms with Crippen LogP contribution in [0.3, 0.4) is 0 Å². The fourth-order valence-electron chi connectivity index (χ4n) is 3.18. The predicted molar refractivity (Wildman–Crippen MR) is 111 cm³/mol. The Balaban J connectivity index is 1.62. The van der Waals surface area contributed by atoms with E-state index in [2.05, 4.69) is 5.43 Å². The molecule has 2 amide bonds. The van der Waals surface area contributed by atoms with Crippen molar-refractivity contribution in [1.82, 2.24) is 10.4 Å². The lowest BCUT2D eigenvalue weighted by Crippen LogP contribution is -2.51. The van der Waals surface area contributed by atoms with Crippen molar-refractivity contribution < 1.29 is 24.0 Å². The molecule has 162 valence electrons. The van der Waals surface area contributed by atoms with Crippen LogP contribution in [0.1, 0.15) is 17.5 Å². The summed E-state index contributed by atoms with van der Waals surface area (Å²) in [6, 6.07) is 17.6. The second-order valence-corrected chi connectivity index (χ2v) is 7.05. The Kier molecular flexibility index (Phi) is 7.58. The van der Waals surface area contributed by atoms with Gasteiger partial charge in [-0.05, 0) is 17.5 Å². The van der Waals surface area contributed by atoms with Crippen LogP contribution in [-0.2, 0) is 22.7 Å². The number of nitrogens with one attached hydrogen (secondary N) is 1. The van der Waals surface area contributed by atoms with Gasteiger partial charge in [-0.1, -0.05) is 72.8 Å². The van der Waals surface area contributed by atoms with Gasteiger partial charge < -0.3 is 9.47 Å². The van der Waals surface area contributed by atoms with E-state index in [4.69, 9.17) is 9.47 Å². The van der Waals surface area contributed by atoms with E-state index in [1.54, 1.807) is 24.3 Å². The first kappa shape index (κ1) is 21.8. The van der Waals surface area contributed by atoms with Gasteiger partial charge in [0, 0.05) is 10.8 Å². The largest absolute Gasteiger partial charge is 0.443 e. The van der Waals surface area contributed by atoms with Gasteiger partial charge in [-0.25, -0.2) is 20.0 Å². The fraction of sp³-hybridized carbons (Fsp3) is 0.273. The Morgan fingerprint density at radius 3 is 2.13 bits per heavy atom. The number of carbonyl (C=O) groups is 2. The van der Waals surface area contributed by atoms with Gasteiger partial charge in [0.15, 0.2) is 0 Å². The highest BCUT2D eigenvalue weighted by atomic mass is 16.6. The van der Waals surface area contributed by atoms with Gasteiger partial charge in [0.1, 0.15) is 13.2 Å². The van der Waals surface area contributed by atoms with Gasteiger partial charge in [0.2, 0.25) is 6.54 Å². The summed E-state index contributed by atoms with van der Waals surface area (Å²) in [5.41, 5.74) is 4.00. The summed E-state index contributed by atoms with van der Waals surface area (Å²) in [6.07, 6.45) is 2.00. The van der Waals surface area contributed by atoms with Crippen molar-refractivity contribution in [1.29, 1.82) is 0 Å². The van der Waals surface area contributed by atoms with E-state index < -0.39 is 23.2 Å². The summed E-state index contributed by atoms with van der Waals surface area (Å²) < 4.78 is 10.5. The topological polar surface area (TPSA) is 111 Å². The zero-order chi connectivity index (χ0) is 22.1. The van der Waals surface area contributed by atoms with E-state index in [1.807, 2.05) is 48.5 Å². The Morgan fingerprint density at radius 2 is 1.55 bits per heavy atom. The third-order valence-corrected chi connectivity index (χ3v) is 4.69. The number of nitro groups is 1. The van der Waals surface area contributed by atoms with Crippen LogP contribution in [0.25, 0.3) is 0 Å². The molecule has 0 saturated carbocycles. The average Bonchev–Trinajstić information content (AvgIpc) is 3.23. The Labute approximate surface area is 179 Å². The molecule has 1 N–H and O–H groups in total. The molecular formula is C22H23N3O6. The number of hydrogen-bond donors (Lipinski definition) is 1. The first-order chi connectivity index (χ1) is 15.0. The maximum absolute atomic E-state index is 12.7. The van der Waals surface area contributed by atoms with Crippen molar-refractivity contribution in [2.24, 2.45) is 5.92 Å². The number of hydrazine groups is 1. The van der Waals surface area contributed by atoms with Gasteiger partial charge >= 0.3 is 12.2 Å². The van der Waals surface area contributed by atoms with Gasteiger partial charge in [-0.3, -0.25) is 10.1 Å². The highest BCUT2D eigenvalue weighted by molar-refractivity contribution is 5.74. The number of ether oxygens (including phenoxy) is 2. The molecule has 0 aromatic heterocycles. The molecular weight excluding hydrogens is 402 g/mol. The normalized spacial score (nSPS) is 17.0. The number of carbonyl (C=O) groups excluding carboxylic acids is 2. The van der Waals surface area contributed by atoms with Gasteiger partial charge in [0.05, 0.1) is 6.04 Å². The number of benzene rings is 2. The maximum Gasteiger partial charge on any atom is 0.429 e.